The molecule has 0 saturated heterocycles. The second-order valence-electron chi connectivity index (χ2n) is 2.42. The molecular formula is C9H12N2S. The zero-order valence-electron chi connectivity index (χ0n) is 7.00. The lowest BCUT2D eigenvalue weighted by atomic mass is 10.2. The van der Waals surface area contributed by atoms with Gasteiger partial charge in [0.1, 0.15) is 0 Å². The van der Waals surface area contributed by atoms with Crippen LogP contribution >= 0.6 is 12.2 Å². The van der Waals surface area contributed by atoms with Gasteiger partial charge in [0.25, 0.3) is 0 Å². The van der Waals surface area contributed by atoms with E-state index in [9.17, 15) is 0 Å². The van der Waals surface area contributed by atoms with E-state index in [0.717, 1.165) is 6.54 Å². The molecule has 0 atom stereocenters. The molecule has 2 nitrogen and oxygen atoms in total. The Morgan fingerprint density at radius 2 is 2.00 bits per heavy atom. The van der Waals surface area contributed by atoms with Gasteiger partial charge in [-0.15, -0.1) is 0 Å². The molecular weight excluding hydrogens is 168 g/mol. The molecule has 1 rings (SSSR count). The van der Waals surface area contributed by atoms with Crippen LogP contribution in [0.5, 0.6) is 0 Å². The van der Waals surface area contributed by atoms with Crippen LogP contribution in [0.2, 0.25) is 0 Å². The van der Waals surface area contributed by atoms with Gasteiger partial charge in [-0.05, 0) is 17.8 Å². The minimum atomic E-state index is 0.679. The van der Waals surface area contributed by atoms with Gasteiger partial charge >= 0.3 is 0 Å². The second-order valence-corrected chi connectivity index (χ2v) is 2.83. The predicted molar refractivity (Wildman–Crippen MR) is 54.9 cm³/mol. The Bertz CT molecular complexity index is 246. The molecule has 0 fully saturated rings. The number of thiocarbonyl (C=S) groups is 1. The van der Waals surface area contributed by atoms with Crippen molar-refractivity contribution in [3.8, 4) is 0 Å². The standard InChI is InChI=1S/C9H12N2S/c1-10-9(12)11-7-8-5-3-2-4-6-8/h2-6H,7H2,1H3,(H2,10,11,12). The number of hydrogen-bond acceptors (Lipinski definition) is 1. The molecule has 0 saturated carbocycles. The fraction of sp³-hybridized carbons (Fsp3) is 0.222. The van der Waals surface area contributed by atoms with Crippen LogP contribution in [0.1, 0.15) is 5.56 Å². The molecule has 0 unspecified atom stereocenters. The highest BCUT2D eigenvalue weighted by molar-refractivity contribution is 7.80. The SMILES string of the molecule is CNC(=S)NCc1ccccc1. The Kier molecular flexibility index (Phi) is 3.54. The van der Waals surface area contributed by atoms with Gasteiger partial charge in [-0.1, -0.05) is 30.3 Å². The minimum Gasteiger partial charge on any atom is -0.366 e. The second kappa shape index (κ2) is 4.72. The lowest BCUT2D eigenvalue weighted by molar-refractivity contribution is 0.891. The highest BCUT2D eigenvalue weighted by Crippen LogP contribution is 1.96. The van der Waals surface area contributed by atoms with Crippen molar-refractivity contribution in [2.24, 2.45) is 0 Å². The van der Waals surface area contributed by atoms with E-state index in [1.807, 2.05) is 18.2 Å². The first-order chi connectivity index (χ1) is 5.83. The van der Waals surface area contributed by atoms with Crippen molar-refractivity contribution in [3.05, 3.63) is 35.9 Å². The largest absolute Gasteiger partial charge is 0.366 e. The lowest BCUT2D eigenvalue weighted by Gasteiger charge is -2.05. The average molecular weight is 180 g/mol. The van der Waals surface area contributed by atoms with Crippen LogP contribution in [0.4, 0.5) is 0 Å². The van der Waals surface area contributed by atoms with E-state index in [0.29, 0.717) is 5.11 Å². The first kappa shape index (κ1) is 9.00. The summed E-state index contributed by atoms with van der Waals surface area (Å²) in [5.74, 6) is 0. The zero-order chi connectivity index (χ0) is 8.81. The van der Waals surface area contributed by atoms with Crippen molar-refractivity contribution in [2.45, 2.75) is 6.54 Å². The molecule has 12 heavy (non-hydrogen) atoms. The van der Waals surface area contributed by atoms with Crippen LogP contribution < -0.4 is 10.6 Å². The third-order valence-corrected chi connectivity index (χ3v) is 1.87. The molecule has 0 bridgehead atoms. The summed E-state index contributed by atoms with van der Waals surface area (Å²) in [4.78, 5) is 0. The molecule has 0 radical (unpaired) electrons. The van der Waals surface area contributed by atoms with Crippen molar-refractivity contribution >= 4 is 17.3 Å². The Morgan fingerprint density at radius 3 is 2.58 bits per heavy atom. The highest BCUT2D eigenvalue weighted by atomic mass is 32.1. The maximum absolute atomic E-state index is 4.93. The van der Waals surface area contributed by atoms with Crippen LogP contribution in [-0.4, -0.2) is 12.2 Å². The molecule has 0 aliphatic carbocycles. The smallest absolute Gasteiger partial charge is 0.166 e. The predicted octanol–water partition coefficient (Wildman–Crippen LogP) is 1.28. The van der Waals surface area contributed by atoms with Crippen molar-refractivity contribution < 1.29 is 0 Å². The van der Waals surface area contributed by atoms with Crippen molar-refractivity contribution in [3.63, 3.8) is 0 Å². The molecule has 0 aromatic heterocycles. The van der Waals surface area contributed by atoms with Gasteiger partial charge in [0.15, 0.2) is 5.11 Å². The summed E-state index contributed by atoms with van der Waals surface area (Å²) in [5.41, 5.74) is 1.23. The van der Waals surface area contributed by atoms with Gasteiger partial charge < -0.3 is 10.6 Å². The monoisotopic (exact) mass is 180 g/mol. The quantitative estimate of drug-likeness (QED) is 0.670. The third kappa shape index (κ3) is 2.88. The Labute approximate surface area is 78.0 Å². The summed E-state index contributed by atoms with van der Waals surface area (Å²) in [7, 11) is 1.81. The molecule has 0 aliphatic rings. The number of benzene rings is 1. The van der Waals surface area contributed by atoms with Crippen LogP contribution in [0, 0.1) is 0 Å². The first-order valence-electron chi connectivity index (χ1n) is 3.82. The van der Waals surface area contributed by atoms with E-state index in [4.69, 9.17) is 12.2 Å². The van der Waals surface area contributed by atoms with E-state index in [-0.39, 0.29) is 0 Å². The van der Waals surface area contributed by atoms with Crippen LogP contribution in [0.3, 0.4) is 0 Å². The van der Waals surface area contributed by atoms with Crippen LogP contribution in [-0.2, 0) is 6.54 Å². The topological polar surface area (TPSA) is 24.1 Å². The third-order valence-electron chi connectivity index (χ3n) is 1.52. The molecule has 0 spiro atoms. The van der Waals surface area contributed by atoms with Gasteiger partial charge in [0.2, 0.25) is 0 Å². The summed E-state index contributed by atoms with van der Waals surface area (Å²) in [6.45, 7) is 0.778. The highest BCUT2D eigenvalue weighted by Gasteiger charge is 1.91. The summed E-state index contributed by atoms with van der Waals surface area (Å²) in [6, 6.07) is 10.1. The van der Waals surface area contributed by atoms with E-state index in [1.54, 1.807) is 7.05 Å². The average Bonchev–Trinajstić information content (AvgIpc) is 2.16. The number of rotatable bonds is 2. The molecule has 2 N–H and O–H groups in total. The van der Waals surface area contributed by atoms with Crippen molar-refractivity contribution in [2.75, 3.05) is 7.05 Å². The Balaban J connectivity index is 2.38. The molecule has 1 aromatic carbocycles. The molecule has 64 valence electrons. The molecule has 0 amide bonds. The van der Waals surface area contributed by atoms with E-state index in [1.165, 1.54) is 5.56 Å². The molecule has 0 aliphatic heterocycles. The fourth-order valence-electron chi connectivity index (χ4n) is 0.867. The van der Waals surface area contributed by atoms with Gasteiger partial charge in [-0.25, -0.2) is 0 Å². The van der Waals surface area contributed by atoms with E-state index < -0.39 is 0 Å². The molecule has 1 aromatic rings. The van der Waals surface area contributed by atoms with Crippen molar-refractivity contribution in [1.29, 1.82) is 0 Å². The molecule has 0 heterocycles. The maximum atomic E-state index is 4.93. The summed E-state index contributed by atoms with van der Waals surface area (Å²) in [5, 5.41) is 6.60. The zero-order valence-corrected chi connectivity index (χ0v) is 7.82. The van der Waals surface area contributed by atoms with Gasteiger partial charge in [-0.3, -0.25) is 0 Å². The van der Waals surface area contributed by atoms with Gasteiger partial charge in [0, 0.05) is 13.6 Å². The maximum Gasteiger partial charge on any atom is 0.166 e. The normalized spacial score (nSPS) is 9.08. The van der Waals surface area contributed by atoms with Crippen LogP contribution in [0.15, 0.2) is 30.3 Å². The summed E-state index contributed by atoms with van der Waals surface area (Å²) < 4.78 is 0. The van der Waals surface area contributed by atoms with Gasteiger partial charge in [-0.2, -0.15) is 0 Å². The lowest BCUT2D eigenvalue weighted by Crippen LogP contribution is -2.31. The van der Waals surface area contributed by atoms with Gasteiger partial charge in [0.05, 0.1) is 0 Å². The van der Waals surface area contributed by atoms with E-state index in [2.05, 4.69) is 22.8 Å². The number of nitrogens with one attached hydrogen (secondary N) is 2. The minimum absolute atomic E-state index is 0.679. The fourth-order valence-corrected chi connectivity index (χ4v) is 0.939. The Hall–Kier alpha value is -1.09. The summed E-state index contributed by atoms with van der Waals surface area (Å²) in [6.07, 6.45) is 0. The van der Waals surface area contributed by atoms with Crippen molar-refractivity contribution in [1.82, 2.24) is 10.6 Å². The summed E-state index contributed by atoms with van der Waals surface area (Å²) >= 11 is 4.93. The number of hydrogen-bond donors (Lipinski definition) is 2. The molecule has 3 heteroatoms. The van der Waals surface area contributed by atoms with Crippen LogP contribution in [0.25, 0.3) is 0 Å². The van der Waals surface area contributed by atoms with E-state index >= 15 is 0 Å². The first-order valence-corrected chi connectivity index (χ1v) is 4.23. The Morgan fingerprint density at radius 1 is 1.33 bits per heavy atom.